The molecule has 0 saturated carbocycles. The highest BCUT2D eigenvalue weighted by Gasteiger charge is 2.31. The van der Waals surface area contributed by atoms with Gasteiger partial charge in [-0.05, 0) is 42.0 Å². The van der Waals surface area contributed by atoms with Crippen LogP contribution in [0.5, 0.6) is 5.75 Å². The number of methoxy groups -OCH3 is 1. The molecular formula is C21H19F3N2O3S. The van der Waals surface area contributed by atoms with E-state index in [1.54, 1.807) is 29.8 Å². The molecule has 0 bridgehead atoms. The third kappa shape index (κ3) is 5.80. The molecule has 9 heteroatoms. The smallest absolute Gasteiger partial charge is 0.416 e. The van der Waals surface area contributed by atoms with Gasteiger partial charge in [-0.15, -0.1) is 11.3 Å². The second kappa shape index (κ2) is 9.73. The quantitative estimate of drug-likeness (QED) is 0.548. The van der Waals surface area contributed by atoms with E-state index in [0.717, 1.165) is 17.8 Å². The Balaban J connectivity index is 1.67. The van der Waals surface area contributed by atoms with Crippen LogP contribution in [-0.4, -0.2) is 24.6 Å². The van der Waals surface area contributed by atoms with E-state index in [9.17, 15) is 18.0 Å². The summed E-state index contributed by atoms with van der Waals surface area (Å²) in [6.07, 6.45) is -4.47. The van der Waals surface area contributed by atoms with Gasteiger partial charge in [0.25, 0.3) is 5.91 Å². The zero-order chi connectivity index (χ0) is 21.6. The number of hydrogen-bond acceptors (Lipinski definition) is 5. The molecule has 1 aromatic heterocycles. The minimum absolute atomic E-state index is 0.0296. The van der Waals surface area contributed by atoms with Crippen molar-refractivity contribution in [3.8, 4) is 5.75 Å². The van der Waals surface area contributed by atoms with Gasteiger partial charge in [-0.1, -0.05) is 12.1 Å². The number of hydrogen-bond donors (Lipinski definition) is 1. The summed E-state index contributed by atoms with van der Waals surface area (Å²) in [5.74, 6) is 0.145. The Labute approximate surface area is 175 Å². The van der Waals surface area contributed by atoms with Gasteiger partial charge in [-0.2, -0.15) is 13.2 Å². The van der Waals surface area contributed by atoms with E-state index in [4.69, 9.17) is 9.47 Å². The van der Waals surface area contributed by atoms with Gasteiger partial charge < -0.3 is 14.8 Å². The number of nitrogens with zero attached hydrogens (tertiary/aromatic N) is 1. The van der Waals surface area contributed by atoms with Crippen molar-refractivity contribution in [1.29, 1.82) is 0 Å². The highest BCUT2D eigenvalue weighted by Crippen LogP contribution is 2.31. The normalized spacial score (nSPS) is 12.4. The zero-order valence-corrected chi connectivity index (χ0v) is 16.8. The number of alkyl halides is 3. The lowest BCUT2D eigenvalue weighted by molar-refractivity contribution is -0.137. The van der Waals surface area contributed by atoms with Crippen molar-refractivity contribution in [3.63, 3.8) is 0 Å². The summed E-state index contributed by atoms with van der Waals surface area (Å²) in [5, 5.41) is 4.60. The van der Waals surface area contributed by atoms with Crippen LogP contribution in [0.15, 0.2) is 59.4 Å². The number of ether oxygens (including phenoxy) is 2. The van der Waals surface area contributed by atoms with E-state index in [1.807, 2.05) is 5.38 Å². The van der Waals surface area contributed by atoms with Crippen LogP contribution >= 0.6 is 11.3 Å². The minimum Gasteiger partial charge on any atom is -0.487 e. The number of rotatable bonds is 8. The number of nitrogens with one attached hydrogen (secondary N) is 1. The number of thiazole rings is 1. The van der Waals surface area contributed by atoms with Crippen molar-refractivity contribution >= 4 is 17.2 Å². The molecule has 1 unspecified atom stereocenters. The summed E-state index contributed by atoms with van der Waals surface area (Å²) in [4.78, 5) is 16.7. The average molecular weight is 436 g/mol. The summed E-state index contributed by atoms with van der Waals surface area (Å²) in [5.41, 5.74) is 2.40. The van der Waals surface area contributed by atoms with E-state index in [2.05, 4.69) is 10.3 Å². The van der Waals surface area contributed by atoms with E-state index >= 15 is 0 Å². The first kappa shape index (κ1) is 21.8. The summed E-state index contributed by atoms with van der Waals surface area (Å²) < 4.78 is 49.7. The number of carbonyl (C=O) groups excluding carboxylic acids is 1. The van der Waals surface area contributed by atoms with Gasteiger partial charge in [0.15, 0.2) is 0 Å². The van der Waals surface area contributed by atoms with E-state index < -0.39 is 23.7 Å². The SMILES string of the molecule is COCC(NC(=O)c1ccc(OCc2cscn2)cc1)c1cccc(C(F)(F)F)c1. The van der Waals surface area contributed by atoms with Crippen molar-refractivity contribution in [2.75, 3.05) is 13.7 Å². The van der Waals surface area contributed by atoms with Crippen LogP contribution < -0.4 is 10.1 Å². The maximum atomic E-state index is 13.0. The highest BCUT2D eigenvalue weighted by atomic mass is 32.1. The lowest BCUT2D eigenvalue weighted by Gasteiger charge is -2.20. The van der Waals surface area contributed by atoms with Crippen LogP contribution in [0.4, 0.5) is 13.2 Å². The third-order valence-corrected chi connectivity index (χ3v) is 4.88. The van der Waals surface area contributed by atoms with Gasteiger partial charge in [-0.25, -0.2) is 4.98 Å². The molecule has 0 saturated heterocycles. The van der Waals surface area contributed by atoms with Crippen LogP contribution in [0, 0.1) is 0 Å². The minimum atomic E-state index is -4.47. The van der Waals surface area contributed by atoms with Gasteiger partial charge in [0.05, 0.1) is 29.4 Å². The molecule has 0 fully saturated rings. The number of halogens is 3. The molecule has 30 heavy (non-hydrogen) atoms. The highest BCUT2D eigenvalue weighted by molar-refractivity contribution is 7.07. The first-order chi connectivity index (χ1) is 14.4. The number of benzene rings is 2. The zero-order valence-electron chi connectivity index (χ0n) is 16.0. The number of carbonyl (C=O) groups is 1. The Morgan fingerprint density at radius 2 is 1.97 bits per heavy atom. The van der Waals surface area contributed by atoms with Crippen LogP contribution in [0.3, 0.4) is 0 Å². The van der Waals surface area contributed by atoms with Crippen LogP contribution in [0.1, 0.15) is 33.2 Å². The van der Waals surface area contributed by atoms with Gasteiger partial charge >= 0.3 is 6.18 Å². The lowest BCUT2D eigenvalue weighted by Crippen LogP contribution is -2.31. The molecule has 0 radical (unpaired) electrons. The summed E-state index contributed by atoms with van der Waals surface area (Å²) >= 11 is 1.47. The van der Waals surface area contributed by atoms with E-state index in [-0.39, 0.29) is 6.61 Å². The standard InChI is InChI=1S/C21H19F3N2O3S/c1-28-11-19(15-3-2-4-16(9-15)21(22,23)24)26-20(27)14-5-7-18(8-6-14)29-10-17-12-30-13-25-17/h2-9,12-13,19H,10-11H2,1H3,(H,26,27). The Kier molecular flexibility index (Phi) is 7.07. The van der Waals surface area contributed by atoms with Crippen LogP contribution in [-0.2, 0) is 17.5 Å². The third-order valence-electron chi connectivity index (χ3n) is 4.24. The van der Waals surface area contributed by atoms with Gasteiger partial charge in [0.2, 0.25) is 0 Å². The van der Waals surface area contributed by atoms with E-state index in [1.165, 1.54) is 30.6 Å². The summed E-state index contributed by atoms with van der Waals surface area (Å²) in [6.45, 7) is 0.350. The molecule has 1 N–H and O–H groups in total. The lowest BCUT2D eigenvalue weighted by atomic mass is 10.0. The molecule has 3 aromatic rings. The first-order valence-corrected chi connectivity index (χ1v) is 9.88. The largest absolute Gasteiger partial charge is 0.487 e. The van der Waals surface area contributed by atoms with Crippen LogP contribution in [0.2, 0.25) is 0 Å². The van der Waals surface area contributed by atoms with Gasteiger partial charge in [0.1, 0.15) is 12.4 Å². The Hall–Kier alpha value is -2.91. The molecule has 3 rings (SSSR count). The summed E-state index contributed by atoms with van der Waals surface area (Å²) in [6, 6.07) is 10.6. The molecular weight excluding hydrogens is 417 g/mol. The second-order valence-electron chi connectivity index (χ2n) is 6.40. The topological polar surface area (TPSA) is 60.5 Å². The fourth-order valence-electron chi connectivity index (χ4n) is 2.73. The molecule has 0 spiro atoms. The Morgan fingerprint density at radius 1 is 1.20 bits per heavy atom. The molecule has 1 atom stereocenters. The fourth-order valence-corrected chi connectivity index (χ4v) is 3.27. The molecule has 158 valence electrons. The van der Waals surface area contributed by atoms with Crippen molar-refractivity contribution in [2.24, 2.45) is 0 Å². The Bertz CT molecular complexity index is 960. The molecule has 0 aliphatic rings. The van der Waals surface area contributed by atoms with Crippen molar-refractivity contribution in [3.05, 3.63) is 81.8 Å². The number of amides is 1. The molecule has 1 heterocycles. The van der Waals surface area contributed by atoms with Crippen molar-refractivity contribution in [2.45, 2.75) is 18.8 Å². The Morgan fingerprint density at radius 3 is 2.60 bits per heavy atom. The number of aromatic nitrogens is 1. The monoisotopic (exact) mass is 436 g/mol. The maximum absolute atomic E-state index is 13.0. The van der Waals surface area contributed by atoms with Crippen LogP contribution in [0.25, 0.3) is 0 Å². The second-order valence-corrected chi connectivity index (χ2v) is 7.12. The predicted octanol–water partition coefficient (Wildman–Crippen LogP) is 4.86. The summed E-state index contributed by atoms with van der Waals surface area (Å²) in [7, 11) is 1.42. The molecule has 0 aliphatic heterocycles. The molecule has 5 nitrogen and oxygen atoms in total. The van der Waals surface area contributed by atoms with E-state index in [0.29, 0.717) is 23.5 Å². The molecule has 2 aromatic carbocycles. The fraction of sp³-hybridized carbons (Fsp3) is 0.238. The average Bonchev–Trinajstić information content (AvgIpc) is 3.25. The first-order valence-electron chi connectivity index (χ1n) is 8.93. The maximum Gasteiger partial charge on any atom is 0.416 e. The van der Waals surface area contributed by atoms with Gasteiger partial charge in [0, 0.05) is 18.1 Å². The van der Waals surface area contributed by atoms with Crippen molar-refractivity contribution < 1.29 is 27.4 Å². The predicted molar refractivity (Wildman–Crippen MR) is 106 cm³/mol. The van der Waals surface area contributed by atoms with Crippen molar-refractivity contribution in [1.82, 2.24) is 10.3 Å². The van der Waals surface area contributed by atoms with Gasteiger partial charge in [-0.3, -0.25) is 4.79 Å². The molecule has 0 aliphatic carbocycles. The molecule has 1 amide bonds.